The Hall–Kier alpha value is -0.650. The third kappa shape index (κ3) is 4.57. The summed E-state index contributed by atoms with van der Waals surface area (Å²) in [5.74, 6) is 2.73. The Balaban J connectivity index is 1.02. The molecule has 4 saturated carbocycles. The Kier molecular flexibility index (Phi) is 7.90. The van der Waals surface area contributed by atoms with Crippen molar-refractivity contribution in [2.75, 3.05) is 19.8 Å². The lowest BCUT2D eigenvalue weighted by atomic mass is 9.44. The van der Waals surface area contributed by atoms with Gasteiger partial charge in [-0.25, -0.2) is 0 Å². The minimum absolute atomic E-state index is 0.0149. The highest BCUT2D eigenvalue weighted by Crippen LogP contribution is 2.70. The molecule has 9 nitrogen and oxygen atoms in total. The number of carbonyl (C=O) groups excluding carboxylic acids is 1. The van der Waals surface area contributed by atoms with Crippen molar-refractivity contribution >= 4 is 5.78 Å². The highest BCUT2D eigenvalue weighted by molar-refractivity contribution is 5.87. The van der Waals surface area contributed by atoms with E-state index in [-0.39, 0.29) is 41.5 Å². The van der Waals surface area contributed by atoms with Crippen LogP contribution in [0.25, 0.3) is 0 Å². The largest absolute Gasteiger partial charge is 0.394 e. The average Bonchev–Trinajstić information content (AvgIpc) is 3.44. The van der Waals surface area contributed by atoms with Crippen molar-refractivity contribution in [1.29, 1.82) is 0 Å². The lowest BCUT2D eigenvalue weighted by molar-refractivity contribution is -0.272. The first-order valence-electron chi connectivity index (χ1n) is 17.2. The summed E-state index contributed by atoms with van der Waals surface area (Å²) in [6.07, 6.45) is 3.16. The summed E-state index contributed by atoms with van der Waals surface area (Å²) < 4.78 is 25.2. The molecule has 3 heterocycles. The third-order valence-corrected chi connectivity index (χ3v) is 14.2. The maximum atomic E-state index is 14.3. The van der Waals surface area contributed by atoms with Gasteiger partial charge in [0.1, 0.15) is 36.3 Å². The van der Waals surface area contributed by atoms with Crippen molar-refractivity contribution < 1.29 is 44.2 Å². The fraction of sp³-hybridized carbons (Fsp3) is 0.971. The van der Waals surface area contributed by atoms with Crippen molar-refractivity contribution in [3.05, 3.63) is 0 Å². The first-order valence-corrected chi connectivity index (χ1v) is 17.2. The monoisotopic (exact) mass is 606 g/mol. The number of Topliss-reactive ketones (excluding diaryl/α,β-unsaturated/α-hetero) is 1. The summed E-state index contributed by atoms with van der Waals surface area (Å²) in [6, 6.07) is 0. The molecule has 0 aromatic carbocycles. The lowest BCUT2D eigenvalue weighted by Crippen LogP contribution is -2.60. The van der Waals surface area contributed by atoms with Crippen LogP contribution in [0.15, 0.2) is 0 Å². The van der Waals surface area contributed by atoms with E-state index in [2.05, 4.69) is 27.7 Å². The number of hydrogen-bond donors (Lipinski definition) is 4. The predicted octanol–water partition coefficient (Wildman–Crippen LogP) is 2.84. The molecular weight excluding hydrogens is 552 g/mol. The topological polar surface area (TPSA) is 135 Å². The van der Waals surface area contributed by atoms with E-state index in [4.69, 9.17) is 18.9 Å². The van der Waals surface area contributed by atoms with Gasteiger partial charge in [-0.05, 0) is 80.0 Å². The highest BCUT2D eigenvalue weighted by atomic mass is 16.7. The molecule has 4 aliphatic carbocycles. The molecular formula is C34H54O9. The van der Waals surface area contributed by atoms with Gasteiger partial charge in [-0.1, -0.05) is 27.7 Å². The van der Waals surface area contributed by atoms with Crippen LogP contribution in [0.2, 0.25) is 0 Å². The molecule has 9 heteroatoms. The second-order valence-electron chi connectivity index (χ2n) is 16.1. The number of hydrogen-bond acceptors (Lipinski definition) is 9. The molecule has 0 aromatic heterocycles. The number of ether oxygens (including phenoxy) is 4. The summed E-state index contributed by atoms with van der Waals surface area (Å²) in [7, 11) is 0. The SMILES string of the molecule is CC1CCC2(OC1)OC1CC3C4CCC5CC(OCC6OC(CO)C(O)C(O)C6O)CCC5(C)C4CC(=O)C3(C)C1C2C. The van der Waals surface area contributed by atoms with Crippen LogP contribution in [0.5, 0.6) is 0 Å². The van der Waals surface area contributed by atoms with Crippen LogP contribution in [-0.4, -0.2) is 94.5 Å². The number of ketones is 1. The molecule has 3 aliphatic heterocycles. The van der Waals surface area contributed by atoms with Crippen LogP contribution in [-0.2, 0) is 23.7 Å². The van der Waals surface area contributed by atoms with Crippen LogP contribution in [0.4, 0.5) is 0 Å². The predicted molar refractivity (Wildman–Crippen MR) is 156 cm³/mol. The summed E-state index contributed by atoms with van der Waals surface area (Å²) in [5.41, 5.74) is -0.243. The summed E-state index contributed by atoms with van der Waals surface area (Å²) >= 11 is 0. The second-order valence-corrected chi connectivity index (χ2v) is 16.1. The van der Waals surface area contributed by atoms with E-state index in [1.165, 1.54) is 0 Å². The smallest absolute Gasteiger partial charge is 0.171 e. The number of rotatable bonds is 4. The maximum Gasteiger partial charge on any atom is 0.171 e. The fourth-order valence-electron chi connectivity index (χ4n) is 11.6. The van der Waals surface area contributed by atoms with Crippen LogP contribution >= 0.6 is 0 Å². The number of carbonyl (C=O) groups is 1. The molecule has 1 spiro atoms. The van der Waals surface area contributed by atoms with Crippen molar-refractivity contribution in [2.45, 2.75) is 134 Å². The third-order valence-electron chi connectivity index (χ3n) is 14.2. The Morgan fingerprint density at radius 3 is 2.42 bits per heavy atom. The molecule has 7 fully saturated rings. The van der Waals surface area contributed by atoms with Gasteiger partial charge in [0, 0.05) is 30.1 Å². The molecule has 7 aliphatic rings. The summed E-state index contributed by atoms with van der Waals surface area (Å²) in [4.78, 5) is 14.3. The Morgan fingerprint density at radius 1 is 0.930 bits per heavy atom. The lowest BCUT2D eigenvalue weighted by Gasteiger charge is -2.60. The van der Waals surface area contributed by atoms with Gasteiger partial charge in [0.25, 0.3) is 0 Å². The Labute approximate surface area is 256 Å². The van der Waals surface area contributed by atoms with Crippen molar-refractivity contribution in [3.8, 4) is 0 Å². The molecule has 0 amide bonds. The van der Waals surface area contributed by atoms with E-state index in [1.54, 1.807) is 0 Å². The standard InChI is InChI=1S/C34H54O9/c1-17-7-10-34(41-15-17)18(2)28-24(43-34)12-23-21-6-5-19-11-20(8-9-32(19,3)22(21)13-27(36)33(23,28)4)40-16-26-30(38)31(39)29(37)25(14-35)42-26/h17-26,28-31,35,37-39H,5-16H2,1-4H3. The normalized spacial score (nSPS) is 58.1. The number of aliphatic hydroxyl groups excluding tert-OH is 4. The molecule has 7 rings (SSSR count). The maximum absolute atomic E-state index is 14.3. The van der Waals surface area contributed by atoms with Gasteiger partial charge in [-0.15, -0.1) is 0 Å². The number of aliphatic hydroxyl groups is 4. The number of fused-ring (bicyclic) bond motifs is 7. The molecule has 17 unspecified atom stereocenters. The van der Waals surface area contributed by atoms with Crippen LogP contribution in [0.3, 0.4) is 0 Å². The zero-order valence-electron chi connectivity index (χ0n) is 26.4. The van der Waals surface area contributed by atoms with E-state index >= 15 is 0 Å². The van der Waals surface area contributed by atoms with Crippen molar-refractivity contribution in [2.24, 2.45) is 52.3 Å². The van der Waals surface area contributed by atoms with E-state index < -0.39 is 42.9 Å². The van der Waals surface area contributed by atoms with Gasteiger partial charge < -0.3 is 39.4 Å². The quantitative estimate of drug-likeness (QED) is 0.381. The minimum Gasteiger partial charge on any atom is -0.394 e. The van der Waals surface area contributed by atoms with Gasteiger partial charge >= 0.3 is 0 Å². The molecule has 4 N–H and O–H groups in total. The molecule has 0 bridgehead atoms. The first kappa shape index (κ1) is 31.0. The zero-order chi connectivity index (χ0) is 30.5. The molecule has 0 aromatic rings. The van der Waals surface area contributed by atoms with Crippen LogP contribution in [0, 0.1) is 52.3 Å². The van der Waals surface area contributed by atoms with E-state index in [1.807, 2.05) is 0 Å². The molecule has 0 radical (unpaired) electrons. The van der Waals surface area contributed by atoms with Gasteiger partial charge in [-0.3, -0.25) is 4.79 Å². The average molecular weight is 607 g/mol. The first-order chi connectivity index (χ1) is 20.4. The summed E-state index contributed by atoms with van der Waals surface area (Å²) in [5, 5.41) is 40.2. The minimum atomic E-state index is -1.38. The fourth-order valence-corrected chi connectivity index (χ4v) is 11.6. The molecule has 244 valence electrons. The van der Waals surface area contributed by atoms with Crippen molar-refractivity contribution in [1.82, 2.24) is 0 Å². The summed E-state index contributed by atoms with van der Waals surface area (Å²) in [6.45, 7) is 9.65. The van der Waals surface area contributed by atoms with Crippen LogP contribution in [0.1, 0.15) is 85.5 Å². The molecule has 17 atom stereocenters. The van der Waals surface area contributed by atoms with Gasteiger partial charge in [-0.2, -0.15) is 0 Å². The van der Waals surface area contributed by atoms with E-state index in [0.29, 0.717) is 41.8 Å². The van der Waals surface area contributed by atoms with Gasteiger partial charge in [0.15, 0.2) is 5.79 Å². The molecule has 43 heavy (non-hydrogen) atoms. The zero-order valence-corrected chi connectivity index (χ0v) is 26.4. The van der Waals surface area contributed by atoms with E-state index in [0.717, 1.165) is 58.0 Å². The van der Waals surface area contributed by atoms with Crippen molar-refractivity contribution in [3.63, 3.8) is 0 Å². The van der Waals surface area contributed by atoms with Crippen LogP contribution < -0.4 is 0 Å². The Bertz CT molecular complexity index is 1060. The molecule has 3 saturated heterocycles. The highest BCUT2D eigenvalue weighted by Gasteiger charge is 2.71. The van der Waals surface area contributed by atoms with Gasteiger partial charge in [0.2, 0.25) is 0 Å². The van der Waals surface area contributed by atoms with Gasteiger partial charge in [0.05, 0.1) is 32.0 Å². The second kappa shape index (κ2) is 11.0. The van der Waals surface area contributed by atoms with E-state index in [9.17, 15) is 25.2 Å². The Morgan fingerprint density at radius 2 is 1.70 bits per heavy atom.